The minimum atomic E-state index is -0.278. The van der Waals surface area contributed by atoms with Gasteiger partial charge < -0.3 is 15.7 Å². The topological polar surface area (TPSA) is 61.4 Å². The van der Waals surface area contributed by atoms with Crippen molar-refractivity contribution in [1.29, 1.82) is 0 Å². The van der Waals surface area contributed by atoms with Crippen molar-refractivity contribution in [3.63, 3.8) is 0 Å². The van der Waals surface area contributed by atoms with Crippen molar-refractivity contribution in [3.05, 3.63) is 35.4 Å². The average Bonchev–Trinajstić information content (AvgIpc) is 2.56. The molecule has 116 valence electrons. The summed E-state index contributed by atoms with van der Waals surface area (Å²) in [5.41, 5.74) is 2.11. The molecule has 4 nitrogen and oxygen atoms in total. The number of hydrogen-bond donors (Lipinski definition) is 3. The molecule has 1 aromatic carbocycles. The summed E-state index contributed by atoms with van der Waals surface area (Å²) in [4.78, 5) is 12.5. The molecule has 0 radical (unpaired) electrons. The zero-order valence-corrected chi connectivity index (χ0v) is 13.0. The third kappa shape index (κ3) is 3.44. The number of aliphatic hydroxyl groups excluding tert-OH is 1. The molecule has 4 heteroatoms. The molecule has 1 heterocycles. The molecule has 0 spiro atoms. The number of fused-ring (bicyclic) bond motifs is 1. The molecule has 0 fully saturated rings. The maximum Gasteiger partial charge on any atom is 0.241 e. The Bertz CT molecular complexity index is 475. The van der Waals surface area contributed by atoms with Crippen molar-refractivity contribution in [2.75, 3.05) is 19.7 Å². The Balaban J connectivity index is 2.05. The highest BCUT2D eigenvalue weighted by Crippen LogP contribution is 2.26. The van der Waals surface area contributed by atoms with E-state index in [0.717, 1.165) is 31.4 Å². The van der Waals surface area contributed by atoms with Gasteiger partial charge in [-0.1, -0.05) is 38.1 Å². The second-order valence-electron chi connectivity index (χ2n) is 5.92. The summed E-state index contributed by atoms with van der Waals surface area (Å²) < 4.78 is 0. The summed E-state index contributed by atoms with van der Waals surface area (Å²) in [5.74, 6) is 0.00174. The number of nitrogens with one attached hydrogen (secondary N) is 2. The molecule has 0 aromatic heterocycles. The molecule has 1 amide bonds. The second-order valence-corrected chi connectivity index (χ2v) is 5.92. The van der Waals surface area contributed by atoms with Gasteiger partial charge in [0, 0.05) is 18.5 Å². The lowest BCUT2D eigenvalue weighted by Gasteiger charge is -2.31. The van der Waals surface area contributed by atoms with Crippen LogP contribution in [-0.2, 0) is 11.2 Å². The molecular weight excluding hydrogens is 264 g/mol. The molecule has 0 bridgehead atoms. The summed E-state index contributed by atoms with van der Waals surface area (Å²) in [6, 6.07) is 7.82. The van der Waals surface area contributed by atoms with Gasteiger partial charge in [-0.15, -0.1) is 0 Å². The van der Waals surface area contributed by atoms with Crippen LogP contribution in [0.4, 0.5) is 0 Å². The first kappa shape index (κ1) is 16.0. The zero-order valence-electron chi connectivity index (χ0n) is 13.0. The van der Waals surface area contributed by atoms with Gasteiger partial charge in [-0.25, -0.2) is 0 Å². The lowest BCUT2D eigenvalue weighted by atomic mass is 9.83. The van der Waals surface area contributed by atoms with Crippen LogP contribution in [0.1, 0.15) is 43.9 Å². The smallest absolute Gasteiger partial charge is 0.241 e. The number of carbonyl (C=O) groups excluding carboxylic acids is 1. The molecule has 1 atom stereocenters. The van der Waals surface area contributed by atoms with Crippen molar-refractivity contribution in [2.24, 2.45) is 5.41 Å². The van der Waals surface area contributed by atoms with Gasteiger partial charge in [0.05, 0.1) is 6.61 Å². The molecule has 1 unspecified atom stereocenters. The molecule has 0 saturated carbocycles. The predicted molar refractivity (Wildman–Crippen MR) is 84.0 cm³/mol. The van der Waals surface area contributed by atoms with Crippen LogP contribution in [0, 0.1) is 5.41 Å². The Morgan fingerprint density at radius 3 is 2.76 bits per heavy atom. The molecule has 0 saturated heterocycles. The van der Waals surface area contributed by atoms with Crippen molar-refractivity contribution in [3.8, 4) is 0 Å². The number of carbonyl (C=O) groups is 1. The van der Waals surface area contributed by atoms with Crippen LogP contribution in [0.3, 0.4) is 0 Å². The van der Waals surface area contributed by atoms with Crippen molar-refractivity contribution < 1.29 is 9.90 Å². The van der Waals surface area contributed by atoms with Crippen LogP contribution in [-0.4, -0.2) is 30.7 Å². The number of rotatable bonds is 6. The maximum atomic E-state index is 12.5. The lowest BCUT2D eigenvalue weighted by molar-refractivity contribution is -0.124. The van der Waals surface area contributed by atoms with E-state index in [2.05, 4.69) is 30.5 Å². The minimum absolute atomic E-state index is 0.00174. The summed E-state index contributed by atoms with van der Waals surface area (Å²) in [6.45, 7) is 5.56. The van der Waals surface area contributed by atoms with E-state index in [1.807, 2.05) is 18.2 Å². The predicted octanol–water partition coefficient (Wildman–Crippen LogP) is 1.79. The Hall–Kier alpha value is -1.39. The minimum Gasteiger partial charge on any atom is -0.396 e. The van der Waals surface area contributed by atoms with Crippen molar-refractivity contribution in [2.45, 2.75) is 39.2 Å². The number of aliphatic hydroxyl groups is 1. The Morgan fingerprint density at radius 2 is 2.10 bits per heavy atom. The molecule has 2 rings (SSSR count). The van der Waals surface area contributed by atoms with Gasteiger partial charge in [-0.3, -0.25) is 4.79 Å². The first-order valence-electron chi connectivity index (χ1n) is 7.85. The lowest BCUT2D eigenvalue weighted by Crippen LogP contribution is -2.46. The average molecular weight is 290 g/mol. The van der Waals surface area contributed by atoms with E-state index in [9.17, 15) is 9.90 Å². The van der Waals surface area contributed by atoms with Crippen LogP contribution < -0.4 is 10.6 Å². The highest BCUT2D eigenvalue weighted by Gasteiger charge is 2.29. The first-order valence-corrected chi connectivity index (χ1v) is 7.85. The molecule has 0 aliphatic carbocycles. The Morgan fingerprint density at radius 1 is 1.38 bits per heavy atom. The van der Waals surface area contributed by atoms with Gasteiger partial charge in [0.15, 0.2) is 0 Å². The van der Waals surface area contributed by atoms with E-state index in [-0.39, 0.29) is 24.0 Å². The fourth-order valence-electron chi connectivity index (χ4n) is 2.89. The molecule has 3 N–H and O–H groups in total. The number of hydrogen-bond acceptors (Lipinski definition) is 3. The third-order valence-electron chi connectivity index (χ3n) is 4.84. The van der Waals surface area contributed by atoms with Gasteiger partial charge in [0.2, 0.25) is 5.91 Å². The monoisotopic (exact) mass is 290 g/mol. The van der Waals surface area contributed by atoms with E-state index in [0.29, 0.717) is 6.54 Å². The summed E-state index contributed by atoms with van der Waals surface area (Å²) in [5, 5.41) is 15.9. The molecule has 1 aliphatic rings. The van der Waals surface area contributed by atoms with E-state index in [1.54, 1.807) is 0 Å². The third-order valence-corrected chi connectivity index (χ3v) is 4.84. The van der Waals surface area contributed by atoms with Crippen LogP contribution in [0.15, 0.2) is 24.3 Å². The highest BCUT2D eigenvalue weighted by atomic mass is 16.3. The van der Waals surface area contributed by atoms with Crippen LogP contribution in [0.2, 0.25) is 0 Å². The van der Waals surface area contributed by atoms with Gasteiger partial charge in [0.25, 0.3) is 0 Å². The molecular formula is C17H26N2O2. The quantitative estimate of drug-likeness (QED) is 0.748. The Labute approximate surface area is 126 Å². The summed E-state index contributed by atoms with van der Waals surface area (Å²) in [7, 11) is 0. The fourth-order valence-corrected chi connectivity index (χ4v) is 2.89. The maximum absolute atomic E-state index is 12.5. The molecule has 21 heavy (non-hydrogen) atoms. The largest absolute Gasteiger partial charge is 0.396 e. The van der Waals surface area contributed by atoms with E-state index >= 15 is 0 Å². The van der Waals surface area contributed by atoms with E-state index in [1.165, 1.54) is 5.56 Å². The van der Waals surface area contributed by atoms with Crippen LogP contribution >= 0.6 is 0 Å². The van der Waals surface area contributed by atoms with Gasteiger partial charge in [0.1, 0.15) is 6.04 Å². The van der Waals surface area contributed by atoms with Crippen LogP contribution in [0.25, 0.3) is 0 Å². The highest BCUT2D eigenvalue weighted by molar-refractivity contribution is 5.84. The van der Waals surface area contributed by atoms with Crippen LogP contribution in [0.5, 0.6) is 0 Å². The van der Waals surface area contributed by atoms with Gasteiger partial charge >= 0.3 is 0 Å². The van der Waals surface area contributed by atoms with E-state index in [4.69, 9.17) is 0 Å². The molecule has 1 aromatic rings. The zero-order chi connectivity index (χ0) is 15.3. The fraction of sp³-hybridized carbons (Fsp3) is 0.588. The second kappa shape index (κ2) is 7.05. The van der Waals surface area contributed by atoms with E-state index < -0.39 is 0 Å². The molecule has 1 aliphatic heterocycles. The first-order chi connectivity index (χ1) is 10.2. The number of amides is 1. The normalized spacial score (nSPS) is 18.1. The summed E-state index contributed by atoms with van der Waals surface area (Å²) >= 11 is 0. The number of benzene rings is 1. The Kier molecular flexibility index (Phi) is 5.37. The summed E-state index contributed by atoms with van der Waals surface area (Å²) in [6.07, 6.45) is 2.67. The van der Waals surface area contributed by atoms with Crippen molar-refractivity contribution in [1.82, 2.24) is 10.6 Å². The van der Waals surface area contributed by atoms with Gasteiger partial charge in [-0.2, -0.15) is 0 Å². The van der Waals surface area contributed by atoms with Gasteiger partial charge in [-0.05, 0) is 30.4 Å². The SMILES string of the molecule is CCC(CC)(CO)CNC(=O)C1NCCc2ccccc21. The van der Waals surface area contributed by atoms with Crippen molar-refractivity contribution >= 4 is 5.91 Å². The standard InChI is InChI=1S/C17H26N2O2/c1-3-17(4-2,12-20)11-19-16(21)15-14-8-6-5-7-13(14)9-10-18-15/h5-8,15,18,20H,3-4,9-12H2,1-2H3,(H,19,21).